The summed E-state index contributed by atoms with van der Waals surface area (Å²) >= 11 is 3.19. The van der Waals surface area contributed by atoms with E-state index >= 15 is 0 Å². The van der Waals surface area contributed by atoms with Crippen LogP contribution in [0.15, 0.2) is 29.0 Å². The largest absolute Gasteiger partial charge is 0.335 e. The summed E-state index contributed by atoms with van der Waals surface area (Å²) in [6.45, 7) is 6.35. The minimum absolute atomic E-state index is 0.0400. The van der Waals surface area contributed by atoms with Gasteiger partial charge in [-0.3, -0.25) is 4.79 Å². The highest BCUT2D eigenvalue weighted by molar-refractivity contribution is 7.13. The van der Waals surface area contributed by atoms with Gasteiger partial charge in [0.25, 0.3) is 5.91 Å². The fraction of sp³-hybridized carbons (Fsp3) is 0.444. The number of rotatable bonds is 4. The van der Waals surface area contributed by atoms with Crippen LogP contribution in [-0.4, -0.2) is 54.0 Å². The molecule has 0 radical (unpaired) electrons. The van der Waals surface area contributed by atoms with E-state index in [1.165, 1.54) is 16.9 Å². The number of aryl methyl sites for hydroxylation is 1. The van der Waals surface area contributed by atoms with Gasteiger partial charge in [0.15, 0.2) is 0 Å². The van der Waals surface area contributed by atoms with E-state index in [0.717, 1.165) is 16.2 Å². The van der Waals surface area contributed by atoms with E-state index in [1.54, 1.807) is 16.2 Å². The first-order valence-corrected chi connectivity index (χ1v) is 10.2. The van der Waals surface area contributed by atoms with Gasteiger partial charge in [-0.15, -0.1) is 11.3 Å². The number of carbonyl (C=O) groups is 2. The van der Waals surface area contributed by atoms with Crippen LogP contribution in [0.25, 0.3) is 0 Å². The van der Waals surface area contributed by atoms with E-state index in [2.05, 4.69) is 22.1 Å². The fourth-order valence-corrected chi connectivity index (χ4v) is 4.45. The summed E-state index contributed by atoms with van der Waals surface area (Å²) in [7, 11) is 0. The molecule has 2 aromatic rings. The summed E-state index contributed by atoms with van der Waals surface area (Å²) in [5, 5.41) is 7.22. The number of carbonyl (C=O) groups excluding carboxylic acids is 2. The normalized spacial score (nSPS) is 15.9. The fourth-order valence-electron chi connectivity index (χ4n) is 2.93. The van der Waals surface area contributed by atoms with Crippen LogP contribution in [0.4, 0.5) is 4.79 Å². The Kier molecular flexibility index (Phi) is 5.75. The monoisotopic (exact) mass is 377 g/mol. The van der Waals surface area contributed by atoms with E-state index in [1.807, 2.05) is 30.9 Å². The molecule has 2 aromatic heterocycles. The molecule has 7 heteroatoms. The van der Waals surface area contributed by atoms with Crippen LogP contribution in [0.5, 0.6) is 0 Å². The van der Waals surface area contributed by atoms with Gasteiger partial charge in [0.05, 0.1) is 4.88 Å². The second-order valence-corrected chi connectivity index (χ2v) is 8.44. The molecule has 5 nitrogen and oxygen atoms in total. The Hall–Kier alpha value is -1.86. The number of amides is 3. The van der Waals surface area contributed by atoms with Crippen LogP contribution >= 0.6 is 22.7 Å². The summed E-state index contributed by atoms with van der Waals surface area (Å²) in [4.78, 5) is 30.4. The summed E-state index contributed by atoms with van der Waals surface area (Å²) in [6, 6.07) is 5.99. The van der Waals surface area contributed by atoms with Crippen LogP contribution in [-0.2, 0) is 6.42 Å². The predicted molar refractivity (Wildman–Crippen MR) is 103 cm³/mol. The standard InChI is InChI=1S/C18H23N3O2S2/c1-13(11-15-5-10-24-12-15)19-18(23)21-8-6-20(7-9-21)17(22)16-4-3-14(2)25-16/h3-5,10,12-13H,6-9,11H2,1-2H3,(H,19,23)/t13-/m0/s1. The molecule has 134 valence electrons. The maximum atomic E-state index is 12.5. The third-order valence-corrected chi connectivity index (χ3v) is 6.02. The lowest BCUT2D eigenvalue weighted by molar-refractivity contribution is 0.0668. The summed E-state index contributed by atoms with van der Waals surface area (Å²) in [5.41, 5.74) is 1.25. The zero-order valence-electron chi connectivity index (χ0n) is 14.5. The molecule has 1 atom stereocenters. The summed E-state index contributed by atoms with van der Waals surface area (Å²) in [5.74, 6) is 0.0731. The molecule has 0 bridgehead atoms. The minimum Gasteiger partial charge on any atom is -0.335 e. The Morgan fingerprint density at radius 2 is 1.88 bits per heavy atom. The molecule has 0 unspecified atom stereocenters. The SMILES string of the molecule is Cc1ccc(C(=O)N2CCN(C(=O)N[C@@H](C)Cc3ccsc3)CC2)s1. The number of urea groups is 1. The Balaban J connectivity index is 1.46. The molecule has 1 fully saturated rings. The molecule has 0 spiro atoms. The van der Waals surface area contributed by atoms with Gasteiger partial charge in [-0.1, -0.05) is 0 Å². The lowest BCUT2D eigenvalue weighted by Gasteiger charge is -2.35. The predicted octanol–water partition coefficient (Wildman–Crippen LogP) is 3.22. The Morgan fingerprint density at radius 1 is 1.16 bits per heavy atom. The first-order valence-electron chi connectivity index (χ1n) is 8.45. The smallest absolute Gasteiger partial charge is 0.317 e. The van der Waals surface area contributed by atoms with Gasteiger partial charge >= 0.3 is 6.03 Å². The van der Waals surface area contributed by atoms with Gasteiger partial charge in [-0.2, -0.15) is 11.3 Å². The molecule has 25 heavy (non-hydrogen) atoms. The lowest BCUT2D eigenvalue weighted by atomic mass is 10.1. The van der Waals surface area contributed by atoms with Gasteiger partial charge < -0.3 is 15.1 Å². The van der Waals surface area contributed by atoms with E-state index in [0.29, 0.717) is 26.2 Å². The lowest BCUT2D eigenvalue weighted by Crippen LogP contribution is -2.54. The molecule has 3 rings (SSSR count). The highest BCUT2D eigenvalue weighted by atomic mass is 32.1. The van der Waals surface area contributed by atoms with Crippen LogP contribution in [0.1, 0.15) is 27.0 Å². The Morgan fingerprint density at radius 3 is 2.48 bits per heavy atom. The second-order valence-electron chi connectivity index (χ2n) is 6.38. The average Bonchev–Trinajstić information content (AvgIpc) is 3.26. The Bertz CT molecular complexity index is 719. The minimum atomic E-state index is -0.0400. The van der Waals surface area contributed by atoms with Gasteiger partial charge in [-0.05, 0) is 54.8 Å². The van der Waals surface area contributed by atoms with E-state index in [4.69, 9.17) is 0 Å². The van der Waals surface area contributed by atoms with E-state index in [-0.39, 0.29) is 18.0 Å². The number of thiophene rings is 2. The number of hydrogen-bond acceptors (Lipinski definition) is 4. The molecular weight excluding hydrogens is 354 g/mol. The molecule has 0 saturated carbocycles. The number of hydrogen-bond donors (Lipinski definition) is 1. The first-order chi connectivity index (χ1) is 12.0. The third-order valence-electron chi connectivity index (χ3n) is 4.30. The van der Waals surface area contributed by atoms with Gasteiger partial charge in [0.2, 0.25) is 0 Å². The van der Waals surface area contributed by atoms with Gasteiger partial charge in [0.1, 0.15) is 0 Å². The van der Waals surface area contributed by atoms with E-state index < -0.39 is 0 Å². The molecule has 3 heterocycles. The zero-order valence-corrected chi connectivity index (χ0v) is 16.2. The summed E-state index contributed by atoms with van der Waals surface area (Å²) in [6.07, 6.45) is 0.839. The van der Waals surface area contributed by atoms with Crippen molar-refractivity contribution < 1.29 is 9.59 Å². The zero-order chi connectivity index (χ0) is 17.8. The Labute approximate surface area is 156 Å². The van der Waals surface area contributed by atoms with Crippen molar-refractivity contribution >= 4 is 34.6 Å². The summed E-state index contributed by atoms with van der Waals surface area (Å²) < 4.78 is 0. The number of piperazine rings is 1. The number of nitrogens with one attached hydrogen (secondary N) is 1. The van der Waals surface area contributed by atoms with Crippen molar-refractivity contribution in [3.05, 3.63) is 44.3 Å². The molecule has 1 aliphatic heterocycles. The van der Waals surface area contributed by atoms with Crippen molar-refractivity contribution in [2.75, 3.05) is 26.2 Å². The van der Waals surface area contributed by atoms with Crippen molar-refractivity contribution in [3.8, 4) is 0 Å². The maximum Gasteiger partial charge on any atom is 0.317 e. The molecule has 1 N–H and O–H groups in total. The maximum absolute atomic E-state index is 12.5. The van der Waals surface area contributed by atoms with Crippen LogP contribution in [0.3, 0.4) is 0 Å². The highest BCUT2D eigenvalue weighted by Gasteiger charge is 2.26. The van der Waals surface area contributed by atoms with Crippen LogP contribution in [0, 0.1) is 6.92 Å². The highest BCUT2D eigenvalue weighted by Crippen LogP contribution is 2.18. The molecule has 1 aliphatic rings. The quantitative estimate of drug-likeness (QED) is 0.889. The van der Waals surface area contributed by atoms with Crippen molar-refractivity contribution in [2.45, 2.75) is 26.3 Å². The van der Waals surface area contributed by atoms with Crippen molar-refractivity contribution in [1.29, 1.82) is 0 Å². The first kappa shape index (κ1) is 17.9. The van der Waals surface area contributed by atoms with Crippen molar-refractivity contribution in [2.24, 2.45) is 0 Å². The van der Waals surface area contributed by atoms with Gasteiger partial charge in [-0.25, -0.2) is 4.79 Å². The van der Waals surface area contributed by atoms with E-state index in [9.17, 15) is 9.59 Å². The van der Waals surface area contributed by atoms with Crippen LogP contribution < -0.4 is 5.32 Å². The molecule has 0 aromatic carbocycles. The van der Waals surface area contributed by atoms with Gasteiger partial charge in [0, 0.05) is 37.1 Å². The molecule has 3 amide bonds. The second kappa shape index (κ2) is 8.01. The molecular formula is C18H23N3O2S2. The topological polar surface area (TPSA) is 52.7 Å². The molecule has 0 aliphatic carbocycles. The number of nitrogens with zero attached hydrogens (tertiary/aromatic N) is 2. The molecule has 1 saturated heterocycles. The van der Waals surface area contributed by atoms with Crippen LogP contribution in [0.2, 0.25) is 0 Å². The third kappa shape index (κ3) is 4.61. The average molecular weight is 378 g/mol. The van der Waals surface area contributed by atoms with Crippen molar-refractivity contribution in [1.82, 2.24) is 15.1 Å². The van der Waals surface area contributed by atoms with Crippen molar-refractivity contribution in [3.63, 3.8) is 0 Å².